The molecular formula is C24H23N3O5. The Morgan fingerprint density at radius 1 is 1.09 bits per heavy atom. The molecular weight excluding hydrogens is 410 g/mol. The van der Waals surface area contributed by atoms with Crippen molar-refractivity contribution >= 4 is 22.7 Å². The fourth-order valence-electron chi connectivity index (χ4n) is 4.26. The van der Waals surface area contributed by atoms with Crippen molar-refractivity contribution in [1.82, 2.24) is 14.8 Å². The minimum Gasteiger partial charge on any atom is -0.503 e. The van der Waals surface area contributed by atoms with Gasteiger partial charge >= 0.3 is 0 Å². The maximum Gasteiger partial charge on any atom is 0.290 e. The van der Waals surface area contributed by atoms with Crippen LogP contribution in [0.4, 0.5) is 0 Å². The van der Waals surface area contributed by atoms with E-state index in [1.165, 1.54) is 4.90 Å². The van der Waals surface area contributed by atoms with Crippen molar-refractivity contribution in [3.05, 3.63) is 77.5 Å². The Hall–Kier alpha value is -3.49. The number of fused-ring (bicyclic) bond motifs is 1. The van der Waals surface area contributed by atoms with Crippen LogP contribution in [0.2, 0.25) is 0 Å². The number of ketones is 1. The number of aromatic nitrogens is 1. The maximum atomic E-state index is 13.5. The van der Waals surface area contributed by atoms with Gasteiger partial charge in [0.1, 0.15) is 11.6 Å². The van der Waals surface area contributed by atoms with Crippen molar-refractivity contribution in [3.63, 3.8) is 0 Å². The van der Waals surface area contributed by atoms with E-state index in [9.17, 15) is 14.7 Å². The molecule has 0 spiro atoms. The second kappa shape index (κ2) is 8.57. The summed E-state index contributed by atoms with van der Waals surface area (Å²) in [6.45, 7) is 3.81. The number of carbonyl (C=O) groups is 2. The quantitative estimate of drug-likeness (QED) is 0.597. The summed E-state index contributed by atoms with van der Waals surface area (Å²) in [5.74, 6) is -1.56. The molecule has 0 radical (unpaired) electrons. The van der Waals surface area contributed by atoms with E-state index in [0.29, 0.717) is 37.6 Å². The van der Waals surface area contributed by atoms with Gasteiger partial charge in [0.25, 0.3) is 5.91 Å². The molecule has 5 rings (SSSR count). The normalized spacial score (nSPS) is 19.8. The Labute approximate surface area is 184 Å². The lowest BCUT2D eigenvalue weighted by atomic mass is 9.98. The third-order valence-corrected chi connectivity index (χ3v) is 5.93. The maximum absolute atomic E-state index is 13.5. The van der Waals surface area contributed by atoms with Gasteiger partial charge in [0, 0.05) is 37.8 Å². The molecule has 1 saturated heterocycles. The Morgan fingerprint density at radius 2 is 1.88 bits per heavy atom. The predicted octanol–water partition coefficient (Wildman–Crippen LogP) is 2.74. The van der Waals surface area contributed by atoms with Crippen LogP contribution in [0.5, 0.6) is 0 Å². The summed E-state index contributed by atoms with van der Waals surface area (Å²) in [4.78, 5) is 34.6. The van der Waals surface area contributed by atoms with E-state index >= 15 is 0 Å². The lowest BCUT2D eigenvalue weighted by Crippen LogP contribution is -2.43. The van der Waals surface area contributed by atoms with Crippen LogP contribution in [0.1, 0.15) is 22.3 Å². The van der Waals surface area contributed by atoms with Crippen LogP contribution in [0.25, 0.3) is 11.0 Å². The summed E-state index contributed by atoms with van der Waals surface area (Å²) in [5, 5.41) is 11.5. The Kier molecular flexibility index (Phi) is 5.46. The zero-order chi connectivity index (χ0) is 22.1. The van der Waals surface area contributed by atoms with E-state index in [0.717, 1.165) is 18.5 Å². The molecule has 8 nitrogen and oxygen atoms in total. The summed E-state index contributed by atoms with van der Waals surface area (Å²) in [5.41, 5.74) is 1.08. The van der Waals surface area contributed by atoms with Gasteiger partial charge in [-0.1, -0.05) is 24.3 Å². The number of morpholine rings is 1. The van der Waals surface area contributed by atoms with E-state index in [1.54, 1.807) is 36.5 Å². The number of ether oxygens (including phenoxy) is 1. The van der Waals surface area contributed by atoms with Gasteiger partial charge in [-0.15, -0.1) is 0 Å². The zero-order valence-corrected chi connectivity index (χ0v) is 17.4. The number of aliphatic hydroxyl groups excluding tert-OH is 1. The summed E-state index contributed by atoms with van der Waals surface area (Å²) >= 11 is 0. The first-order valence-corrected chi connectivity index (χ1v) is 10.6. The number of furan rings is 1. The van der Waals surface area contributed by atoms with E-state index in [-0.39, 0.29) is 11.3 Å². The summed E-state index contributed by atoms with van der Waals surface area (Å²) in [7, 11) is 0. The van der Waals surface area contributed by atoms with Gasteiger partial charge in [-0.3, -0.25) is 19.5 Å². The minimum atomic E-state index is -0.787. The van der Waals surface area contributed by atoms with Crippen LogP contribution < -0.4 is 0 Å². The first-order valence-electron chi connectivity index (χ1n) is 10.6. The number of amides is 1. The standard InChI is InChI=1S/C24H23N3O5/c28-22(19-15-16-5-1-2-7-18(16)32-19)20-21(17-6-3-4-8-25-17)27(24(30)23(20)29)10-9-26-11-13-31-14-12-26/h1-8,15,21,29H,9-14H2/t21-/m0/s1. The van der Waals surface area contributed by atoms with E-state index < -0.39 is 23.5 Å². The monoisotopic (exact) mass is 433 g/mol. The number of carbonyl (C=O) groups excluding carboxylic acids is 2. The van der Waals surface area contributed by atoms with Crippen molar-refractivity contribution in [2.45, 2.75) is 6.04 Å². The van der Waals surface area contributed by atoms with Crippen LogP contribution in [0, 0.1) is 0 Å². The van der Waals surface area contributed by atoms with Crippen LogP contribution in [-0.2, 0) is 9.53 Å². The molecule has 0 saturated carbocycles. The topological polar surface area (TPSA) is 96.1 Å². The van der Waals surface area contributed by atoms with Gasteiger partial charge in [0.2, 0.25) is 5.78 Å². The average molecular weight is 433 g/mol. The van der Waals surface area contributed by atoms with Gasteiger partial charge in [0.15, 0.2) is 11.5 Å². The number of hydrogen-bond acceptors (Lipinski definition) is 7. The smallest absolute Gasteiger partial charge is 0.290 e. The molecule has 0 unspecified atom stereocenters. The van der Waals surface area contributed by atoms with E-state index in [2.05, 4.69) is 9.88 Å². The Morgan fingerprint density at radius 3 is 2.62 bits per heavy atom. The molecule has 1 fully saturated rings. The summed E-state index contributed by atoms with van der Waals surface area (Å²) in [6, 6.07) is 13.4. The fraction of sp³-hybridized carbons (Fsp3) is 0.292. The van der Waals surface area contributed by atoms with Gasteiger partial charge in [-0.25, -0.2) is 0 Å². The van der Waals surface area contributed by atoms with Crippen LogP contribution in [-0.4, -0.2) is 71.0 Å². The molecule has 1 aromatic carbocycles. The third-order valence-electron chi connectivity index (χ3n) is 5.93. The number of pyridine rings is 1. The highest BCUT2D eigenvalue weighted by Crippen LogP contribution is 2.38. The number of para-hydroxylation sites is 1. The largest absolute Gasteiger partial charge is 0.503 e. The molecule has 1 atom stereocenters. The molecule has 32 heavy (non-hydrogen) atoms. The highest BCUT2D eigenvalue weighted by molar-refractivity contribution is 6.15. The lowest BCUT2D eigenvalue weighted by molar-refractivity contribution is -0.129. The Bertz CT molecular complexity index is 1150. The molecule has 1 N–H and O–H groups in total. The minimum absolute atomic E-state index is 0.00488. The summed E-state index contributed by atoms with van der Waals surface area (Å²) in [6.07, 6.45) is 1.61. The van der Waals surface area contributed by atoms with Crippen molar-refractivity contribution in [2.24, 2.45) is 0 Å². The van der Waals surface area contributed by atoms with Crippen LogP contribution >= 0.6 is 0 Å². The van der Waals surface area contributed by atoms with Gasteiger partial charge < -0.3 is 19.2 Å². The van der Waals surface area contributed by atoms with Gasteiger partial charge in [-0.05, 0) is 24.3 Å². The average Bonchev–Trinajstić information content (AvgIpc) is 3.38. The lowest BCUT2D eigenvalue weighted by Gasteiger charge is -2.31. The molecule has 0 bridgehead atoms. The molecule has 4 heterocycles. The SMILES string of the molecule is O=C(C1=C(O)C(=O)N(CCN2CCOCC2)[C@H]1c1ccccn1)c1cc2ccccc2o1. The number of hydrogen-bond donors (Lipinski definition) is 1. The molecule has 164 valence electrons. The third kappa shape index (κ3) is 3.68. The van der Waals surface area contributed by atoms with Gasteiger partial charge in [0.05, 0.1) is 24.5 Å². The Balaban J connectivity index is 1.49. The number of benzene rings is 1. The number of Topliss-reactive ketones (excluding diaryl/α,β-unsaturated/α-hetero) is 1. The van der Waals surface area contributed by atoms with Crippen molar-refractivity contribution in [1.29, 1.82) is 0 Å². The van der Waals surface area contributed by atoms with E-state index in [1.807, 2.05) is 18.2 Å². The number of aliphatic hydroxyl groups is 1. The van der Waals surface area contributed by atoms with E-state index in [4.69, 9.17) is 9.15 Å². The highest BCUT2D eigenvalue weighted by Gasteiger charge is 2.45. The van der Waals surface area contributed by atoms with Crippen LogP contribution in [0.3, 0.4) is 0 Å². The summed E-state index contributed by atoms with van der Waals surface area (Å²) < 4.78 is 11.1. The van der Waals surface area contributed by atoms with Crippen molar-refractivity contribution in [2.75, 3.05) is 39.4 Å². The number of rotatable bonds is 6. The molecule has 2 aliphatic rings. The first kappa shape index (κ1) is 20.4. The van der Waals surface area contributed by atoms with Crippen molar-refractivity contribution in [3.8, 4) is 0 Å². The molecule has 3 aromatic rings. The molecule has 0 aliphatic carbocycles. The molecule has 1 amide bonds. The molecule has 8 heteroatoms. The predicted molar refractivity (Wildman–Crippen MR) is 116 cm³/mol. The van der Waals surface area contributed by atoms with Crippen LogP contribution in [0.15, 0.2) is 70.5 Å². The number of nitrogens with zero attached hydrogens (tertiary/aromatic N) is 3. The second-order valence-electron chi connectivity index (χ2n) is 7.85. The van der Waals surface area contributed by atoms with Crippen molar-refractivity contribution < 1.29 is 23.8 Å². The molecule has 2 aromatic heterocycles. The fourth-order valence-corrected chi connectivity index (χ4v) is 4.26. The zero-order valence-electron chi connectivity index (χ0n) is 17.4. The second-order valence-corrected chi connectivity index (χ2v) is 7.85. The molecule has 2 aliphatic heterocycles. The van der Waals surface area contributed by atoms with Gasteiger partial charge in [-0.2, -0.15) is 0 Å². The first-order chi connectivity index (χ1) is 15.6. The highest BCUT2D eigenvalue weighted by atomic mass is 16.5.